The molecule has 1 fully saturated rings. The van der Waals surface area contributed by atoms with Gasteiger partial charge in [-0.1, -0.05) is 25.2 Å². The summed E-state index contributed by atoms with van der Waals surface area (Å²) in [5, 5.41) is 12.3. The summed E-state index contributed by atoms with van der Waals surface area (Å²) in [7, 11) is 0. The Balaban J connectivity index is 1.84. The van der Waals surface area contributed by atoms with Crippen molar-refractivity contribution in [3.8, 4) is 0 Å². The predicted molar refractivity (Wildman–Crippen MR) is 82.5 cm³/mol. The standard InChI is InChI=1S/C14H16N6O2S/c1-8(2)11-19-18-10(23-11)7-20-12(21)14(3,17-13(20)22)9-6-15-4-5-16-9/h4-6,8H,7H2,1-3H3,(H,17,22). The Labute approximate surface area is 137 Å². The minimum absolute atomic E-state index is 0.102. The van der Waals surface area contributed by atoms with Gasteiger partial charge < -0.3 is 5.32 Å². The van der Waals surface area contributed by atoms with E-state index in [-0.39, 0.29) is 18.4 Å². The molecule has 0 aromatic carbocycles. The first-order chi connectivity index (χ1) is 10.9. The Kier molecular flexibility index (Phi) is 3.80. The van der Waals surface area contributed by atoms with Crippen molar-refractivity contribution < 1.29 is 9.59 Å². The predicted octanol–water partition coefficient (Wildman–Crippen LogP) is 1.42. The summed E-state index contributed by atoms with van der Waals surface area (Å²) in [6, 6.07) is -0.468. The van der Waals surface area contributed by atoms with E-state index in [0.29, 0.717) is 10.7 Å². The summed E-state index contributed by atoms with van der Waals surface area (Å²) >= 11 is 1.40. The number of amides is 3. The average Bonchev–Trinajstić information content (AvgIpc) is 3.08. The van der Waals surface area contributed by atoms with Gasteiger partial charge in [-0.05, 0) is 6.92 Å². The molecule has 23 heavy (non-hydrogen) atoms. The van der Waals surface area contributed by atoms with E-state index in [4.69, 9.17) is 0 Å². The molecule has 0 aliphatic carbocycles. The maximum Gasteiger partial charge on any atom is 0.325 e. The minimum atomic E-state index is -1.21. The second-order valence-corrected chi connectivity index (χ2v) is 6.82. The molecule has 0 radical (unpaired) electrons. The van der Waals surface area contributed by atoms with Crippen LogP contribution in [0.5, 0.6) is 0 Å². The third kappa shape index (κ3) is 2.67. The third-order valence-electron chi connectivity index (χ3n) is 3.62. The van der Waals surface area contributed by atoms with Crippen LogP contribution in [0.15, 0.2) is 18.6 Å². The normalized spacial score (nSPS) is 21.1. The zero-order valence-electron chi connectivity index (χ0n) is 13.0. The Morgan fingerprint density at radius 2 is 2.09 bits per heavy atom. The Morgan fingerprint density at radius 1 is 1.30 bits per heavy atom. The number of aromatic nitrogens is 4. The largest absolute Gasteiger partial charge is 0.325 e. The van der Waals surface area contributed by atoms with Crippen LogP contribution >= 0.6 is 11.3 Å². The van der Waals surface area contributed by atoms with Crippen molar-refractivity contribution in [3.63, 3.8) is 0 Å². The van der Waals surface area contributed by atoms with Crippen molar-refractivity contribution in [1.29, 1.82) is 0 Å². The molecule has 1 atom stereocenters. The van der Waals surface area contributed by atoms with Gasteiger partial charge >= 0.3 is 6.03 Å². The Hall–Kier alpha value is -2.42. The van der Waals surface area contributed by atoms with Gasteiger partial charge in [0.15, 0.2) is 5.54 Å². The number of urea groups is 1. The second kappa shape index (κ2) is 5.65. The van der Waals surface area contributed by atoms with Crippen LogP contribution in [0.1, 0.15) is 42.4 Å². The highest BCUT2D eigenvalue weighted by molar-refractivity contribution is 7.11. The first-order valence-electron chi connectivity index (χ1n) is 7.14. The molecule has 1 aliphatic heterocycles. The van der Waals surface area contributed by atoms with Crippen LogP contribution in [0, 0.1) is 0 Å². The number of carbonyl (C=O) groups excluding carboxylic acids is 2. The van der Waals surface area contributed by atoms with E-state index in [1.807, 2.05) is 13.8 Å². The smallest absolute Gasteiger partial charge is 0.318 e. The van der Waals surface area contributed by atoms with Gasteiger partial charge in [-0.3, -0.25) is 19.7 Å². The van der Waals surface area contributed by atoms with Gasteiger partial charge in [0.25, 0.3) is 5.91 Å². The molecule has 0 bridgehead atoms. The van der Waals surface area contributed by atoms with Crippen molar-refractivity contribution in [3.05, 3.63) is 34.3 Å². The van der Waals surface area contributed by atoms with Crippen molar-refractivity contribution in [2.24, 2.45) is 0 Å². The number of nitrogens with zero attached hydrogens (tertiary/aromatic N) is 5. The number of imide groups is 1. The van der Waals surface area contributed by atoms with Crippen LogP contribution in [-0.2, 0) is 16.9 Å². The van der Waals surface area contributed by atoms with Crippen LogP contribution in [0.4, 0.5) is 4.79 Å². The highest BCUT2D eigenvalue weighted by atomic mass is 32.1. The van der Waals surface area contributed by atoms with Crippen LogP contribution in [0.25, 0.3) is 0 Å². The maximum absolute atomic E-state index is 12.7. The summed E-state index contributed by atoms with van der Waals surface area (Å²) < 4.78 is 0. The lowest BCUT2D eigenvalue weighted by Crippen LogP contribution is -2.41. The monoisotopic (exact) mass is 332 g/mol. The van der Waals surface area contributed by atoms with E-state index in [2.05, 4.69) is 25.5 Å². The van der Waals surface area contributed by atoms with Crippen molar-refractivity contribution in [2.45, 2.75) is 38.8 Å². The number of nitrogens with one attached hydrogen (secondary N) is 1. The van der Waals surface area contributed by atoms with E-state index in [9.17, 15) is 9.59 Å². The lowest BCUT2D eigenvalue weighted by Gasteiger charge is -2.20. The fourth-order valence-electron chi connectivity index (χ4n) is 2.27. The average molecular weight is 332 g/mol. The van der Waals surface area contributed by atoms with Crippen LogP contribution in [0.3, 0.4) is 0 Å². The van der Waals surface area contributed by atoms with Gasteiger partial charge in [0.1, 0.15) is 10.0 Å². The minimum Gasteiger partial charge on any atom is -0.318 e. The fourth-order valence-corrected chi connectivity index (χ4v) is 3.10. The molecule has 2 aromatic rings. The molecule has 1 unspecified atom stereocenters. The molecule has 120 valence electrons. The van der Waals surface area contributed by atoms with Crippen LogP contribution in [-0.4, -0.2) is 37.0 Å². The Bertz CT molecular complexity index is 747. The highest BCUT2D eigenvalue weighted by Gasteiger charge is 2.50. The molecule has 0 saturated carbocycles. The highest BCUT2D eigenvalue weighted by Crippen LogP contribution is 2.29. The van der Waals surface area contributed by atoms with E-state index in [1.165, 1.54) is 29.9 Å². The number of hydrogen-bond acceptors (Lipinski definition) is 7. The van der Waals surface area contributed by atoms with E-state index < -0.39 is 11.6 Å². The lowest BCUT2D eigenvalue weighted by atomic mass is 9.98. The van der Waals surface area contributed by atoms with Gasteiger partial charge in [-0.15, -0.1) is 10.2 Å². The topological polar surface area (TPSA) is 101 Å². The summed E-state index contributed by atoms with van der Waals surface area (Å²) in [5.74, 6) is -0.112. The van der Waals surface area contributed by atoms with E-state index in [0.717, 1.165) is 9.91 Å². The molecule has 3 rings (SSSR count). The third-order valence-corrected chi connectivity index (χ3v) is 4.83. The molecular weight excluding hydrogens is 316 g/mol. The molecule has 0 spiro atoms. The van der Waals surface area contributed by atoms with Crippen molar-refractivity contribution in [2.75, 3.05) is 0 Å². The van der Waals surface area contributed by atoms with Gasteiger partial charge in [-0.25, -0.2) is 4.79 Å². The van der Waals surface area contributed by atoms with Crippen LogP contribution < -0.4 is 5.32 Å². The van der Waals surface area contributed by atoms with E-state index >= 15 is 0 Å². The van der Waals surface area contributed by atoms with Gasteiger partial charge in [-0.2, -0.15) is 0 Å². The van der Waals surface area contributed by atoms with Crippen molar-refractivity contribution >= 4 is 23.3 Å². The van der Waals surface area contributed by atoms with Crippen LogP contribution in [0.2, 0.25) is 0 Å². The fraction of sp³-hybridized carbons (Fsp3) is 0.429. The SMILES string of the molecule is CC(C)c1nnc(CN2C(=O)NC(C)(c3cnccn3)C2=O)s1. The zero-order chi connectivity index (χ0) is 16.6. The first kappa shape index (κ1) is 15.5. The number of carbonyl (C=O) groups is 2. The van der Waals surface area contributed by atoms with E-state index in [1.54, 1.807) is 6.92 Å². The molecular formula is C14H16N6O2S. The first-order valence-corrected chi connectivity index (χ1v) is 7.96. The van der Waals surface area contributed by atoms with Gasteiger partial charge in [0.05, 0.1) is 18.4 Å². The lowest BCUT2D eigenvalue weighted by molar-refractivity contribution is -0.131. The molecule has 8 nitrogen and oxygen atoms in total. The molecule has 1 saturated heterocycles. The summed E-state index contributed by atoms with van der Waals surface area (Å²) in [5.41, 5.74) is -0.808. The number of hydrogen-bond donors (Lipinski definition) is 1. The molecule has 1 N–H and O–H groups in total. The molecule has 3 amide bonds. The van der Waals surface area contributed by atoms with Crippen molar-refractivity contribution in [1.82, 2.24) is 30.4 Å². The molecule has 2 aromatic heterocycles. The zero-order valence-corrected chi connectivity index (χ0v) is 13.8. The quantitative estimate of drug-likeness (QED) is 0.850. The molecule has 9 heteroatoms. The maximum atomic E-state index is 12.7. The number of rotatable bonds is 4. The van der Waals surface area contributed by atoms with Gasteiger partial charge in [0, 0.05) is 18.3 Å². The van der Waals surface area contributed by atoms with Gasteiger partial charge in [0.2, 0.25) is 0 Å². The molecule has 1 aliphatic rings. The molecule has 3 heterocycles. The summed E-state index contributed by atoms with van der Waals surface area (Å²) in [6.07, 6.45) is 4.48. The second-order valence-electron chi connectivity index (χ2n) is 5.73. The summed E-state index contributed by atoms with van der Waals surface area (Å²) in [6.45, 7) is 5.76. The Morgan fingerprint density at radius 3 is 2.70 bits per heavy atom. The summed E-state index contributed by atoms with van der Waals surface area (Å²) in [4.78, 5) is 34.2.